The maximum Gasteiger partial charge on any atom is 0.262 e. The largest absolute Gasteiger partial charge is 0.276 e. The molecule has 5 aromatic rings. The molecule has 2 nitrogen and oxygen atoms in total. The molecule has 0 radical (unpaired) electrons. The zero-order valence-electron chi connectivity index (χ0n) is 14.7. The number of fused-ring (bicyclic) bond motifs is 3. The van der Waals surface area contributed by atoms with Crippen LogP contribution in [0.4, 0.5) is 0 Å². The quantitative estimate of drug-likeness (QED) is 0.375. The van der Waals surface area contributed by atoms with E-state index >= 15 is 0 Å². The Labute approximate surface area is 157 Å². The van der Waals surface area contributed by atoms with Crippen LogP contribution in [0.3, 0.4) is 0 Å². The summed E-state index contributed by atoms with van der Waals surface area (Å²) in [6, 6.07) is 34.2. The third-order valence-corrected chi connectivity index (χ3v) is 5.02. The molecule has 128 valence electrons. The van der Waals surface area contributed by atoms with Crippen LogP contribution in [0.2, 0.25) is 0 Å². The van der Waals surface area contributed by atoms with Gasteiger partial charge < -0.3 is 0 Å². The summed E-state index contributed by atoms with van der Waals surface area (Å²) >= 11 is 0. The molecule has 2 heteroatoms. The van der Waals surface area contributed by atoms with E-state index in [1.807, 2.05) is 83.4 Å². The molecule has 27 heavy (non-hydrogen) atoms. The number of para-hydroxylation sites is 2. The summed E-state index contributed by atoms with van der Waals surface area (Å²) < 4.78 is 1.82. The number of hydrogen-bond acceptors (Lipinski definition) is 1. The highest BCUT2D eigenvalue weighted by molar-refractivity contribution is 6.16. The van der Waals surface area contributed by atoms with Gasteiger partial charge in [0.2, 0.25) is 0 Å². The number of carbonyl (C=O) groups is 1. The lowest BCUT2D eigenvalue weighted by Gasteiger charge is -2.08. The molecule has 0 bridgehead atoms. The minimum absolute atomic E-state index is 0.00740. The van der Waals surface area contributed by atoms with Crippen LogP contribution < -0.4 is 0 Å². The average molecular weight is 347 g/mol. The fourth-order valence-corrected chi connectivity index (χ4v) is 3.71. The van der Waals surface area contributed by atoms with Gasteiger partial charge in [-0.3, -0.25) is 9.36 Å². The van der Waals surface area contributed by atoms with Crippen LogP contribution in [-0.4, -0.2) is 10.5 Å². The summed E-state index contributed by atoms with van der Waals surface area (Å²) in [5.41, 5.74) is 4.82. The summed E-state index contributed by atoms with van der Waals surface area (Å²) in [5.74, 6) is -0.00740. The van der Waals surface area contributed by atoms with Gasteiger partial charge in [-0.15, -0.1) is 0 Å². The molecule has 0 aliphatic carbocycles. The van der Waals surface area contributed by atoms with E-state index < -0.39 is 0 Å². The number of hydrogen-bond donors (Lipinski definition) is 0. The molecule has 0 spiro atoms. The monoisotopic (exact) mass is 347 g/mol. The first-order chi connectivity index (χ1) is 13.3. The van der Waals surface area contributed by atoms with Crippen molar-refractivity contribution in [1.29, 1.82) is 0 Å². The predicted molar refractivity (Wildman–Crippen MR) is 111 cm³/mol. The summed E-state index contributed by atoms with van der Waals surface area (Å²) in [7, 11) is 0. The summed E-state index contributed by atoms with van der Waals surface area (Å²) in [6.45, 7) is 0. The molecular formula is C25H17NO. The molecule has 5 rings (SSSR count). The topological polar surface area (TPSA) is 22.0 Å². The molecule has 1 heterocycles. The molecule has 0 aliphatic heterocycles. The van der Waals surface area contributed by atoms with Crippen molar-refractivity contribution in [3.8, 4) is 11.1 Å². The van der Waals surface area contributed by atoms with E-state index in [1.54, 1.807) is 0 Å². The lowest BCUT2D eigenvalue weighted by molar-refractivity contribution is 0.0969. The zero-order valence-corrected chi connectivity index (χ0v) is 14.7. The first kappa shape index (κ1) is 15.6. The Balaban J connectivity index is 1.64. The van der Waals surface area contributed by atoms with Crippen LogP contribution in [0, 0.1) is 0 Å². The molecule has 4 aromatic carbocycles. The lowest BCUT2D eigenvalue weighted by atomic mass is 10.0. The Bertz CT molecular complexity index is 1210. The van der Waals surface area contributed by atoms with Crippen molar-refractivity contribution in [2.75, 3.05) is 0 Å². The van der Waals surface area contributed by atoms with Gasteiger partial charge in [0.25, 0.3) is 5.91 Å². The van der Waals surface area contributed by atoms with E-state index in [4.69, 9.17) is 0 Å². The highest BCUT2D eigenvalue weighted by atomic mass is 16.2. The molecule has 0 saturated heterocycles. The minimum atomic E-state index is -0.00740. The second kappa shape index (κ2) is 6.26. The molecule has 0 amide bonds. The van der Waals surface area contributed by atoms with E-state index in [2.05, 4.69) is 24.3 Å². The SMILES string of the molecule is O=C(c1ccc(-c2ccccc2)cc1)n1c2ccccc2c2ccccc21. The lowest BCUT2D eigenvalue weighted by Crippen LogP contribution is -2.11. The van der Waals surface area contributed by atoms with Gasteiger partial charge in [0.1, 0.15) is 0 Å². The Morgan fingerprint density at radius 2 is 1.00 bits per heavy atom. The van der Waals surface area contributed by atoms with E-state index in [1.165, 1.54) is 0 Å². The van der Waals surface area contributed by atoms with Crippen molar-refractivity contribution in [2.24, 2.45) is 0 Å². The van der Waals surface area contributed by atoms with Crippen molar-refractivity contribution in [3.05, 3.63) is 109 Å². The van der Waals surface area contributed by atoms with Crippen LogP contribution in [-0.2, 0) is 0 Å². The van der Waals surface area contributed by atoms with E-state index in [0.717, 1.165) is 32.9 Å². The van der Waals surface area contributed by atoms with E-state index in [-0.39, 0.29) is 5.91 Å². The van der Waals surface area contributed by atoms with Crippen molar-refractivity contribution in [1.82, 2.24) is 4.57 Å². The van der Waals surface area contributed by atoms with Crippen LogP contribution in [0.5, 0.6) is 0 Å². The Hall–Kier alpha value is -3.65. The fourth-order valence-electron chi connectivity index (χ4n) is 3.71. The first-order valence-electron chi connectivity index (χ1n) is 9.01. The van der Waals surface area contributed by atoms with Gasteiger partial charge in [0.15, 0.2) is 0 Å². The van der Waals surface area contributed by atoms with Gasteiger partial charge >= 0.3 is 0 Å². The summed E-state index contributed by atoms with van der Waals surface area (Å²) in [6.07, 6.45) is 0. The van der Waals surface area contributed by atoms with Gasteiger partial charge in [-0.25, -0.2) is 0 Å². The number of benzene rings is 4. The van der Waals surface area contributed by atoms with E-state index in [0.29, 0.717) is 5.56 Å². The zero-order chi connectivity index (χ0) is 18.2. The molecule has 0 fully saturated rings. The van der Waals surface area contributed by atoms with Crippen LogP contribution in [0.15, 0.2) is 103 Å². The number of nitrogens with zero attached hydrogens (tertiary/aromatic N) is 1. The maximum absolute atomic E-state index is 13.3. The molecular weight excluding hydrogens is 330 g/mol. The Morgan fingerprint density at radius 1 is 0.519 bits per heavy atom. The van der Waals surface area contributed by atoms with Crippen molar-refractivity contribution in [2.45, 2.75) is 0 Å². The minimum Gasteiger partial charge on any atom is -0.276 e. The first-order valence-corrected chi connectivity index (χ1v) is 9.01. The van der Waals surface area contributed by atoms with Gasteiger partial charge in [-0.2, -0.15) is 0 Å². The third kappa shape index (κ3) is 2.54. The average Bonchev–Trinajstić information content (AvgIpc) is 3.08. The Kier molecular flexibility index (Phi) is 3.61. The highest BCUT2D eigenvalue weighted by Gasteiger charge is 2.16. The van der Waals surface area contributed by atoms with Crippen molar-refractivity contribution >= 4 is 27.7 Å². The van der Waals surface area contributed by atoms with Gasteiger partial charge in [0.05, 0.1) is 11.0 Å². The highest BCUT2D eigenvalue weighted by Crippen LogP contribution is 2.29. The van der Waals surface area contributed by atoms with Gasteiger partial charge in [0, 0.05) is 16.3 Å². The smallest absolute Gasteiger partial charge is 0.262 e. The van der Waals surface area contributed by atoms with Crippen molar-refractivity contribution in [3.63, 3.8) is 0 Å². The fraction of sp³-hybridized carbons (Fsp3) is 0. The molecule has 0 saturated carbocycles. The van der Waals surface area contributed by atoms with Crippen LogP contribution in [0.25, 0.3) is 32.9 Å². The number of aromatic nitrogens is 1. The van der Waals surface area contributed by atoms with E-state index in [9.17, 15) is 4.79 Å². The molecule has 0 N–H and O–H groups in total. The van der Waals surface area contributed by atoms with Crippen LogP contribution in [0.1, 0.15) is 10.4 Å². The van der Waals surface area contributed by atoms with Crippen molar-refractivity contribution < 1.29 is 4.79 Å². The summed E-state index contributed by atoms with van der Waals surface area (Å²) in [4.78, 5) is 13.3. The molecule has 0 atom stereocenters. The van der Waals surface area contributed by atoms with Gasteiger partial charge in [-0.05, 0) is 35.4 Å². The third-order valence-electron chi connectivity index (χ3n) is 5.02. The second-order valence-corrected chi connectivity index (χ2v) is 6.62. The molecule has 1 aromatic heterocycles. The van der Waals surface area contributed by atoms with Gasteiger partial charge in [-0.1, -0.05) is 78.9 Å². The maximum atomic E-state index is 13.3. The number of carbonyl (C=O) groups excluding carboxylic acids is 1. The summed E-state index contributed by atoms with van der Waals surface area (Å²) in [5, 5.41) is 2.20. The molecule has 0 unspecified atom stereocenters. The normalized spacial score (nSPS) is 11.1. The number of rotatable bonds is 2. The second-order valence-electron chi connectivity index (χ2n) is 6.62. The predicted octanol–water partition coefficient (Wildman–Crippen LogP) is 6.15. The Morgan fingerprint density at radius 3 is 1.59 bits per heavy atom. The standard InChI is InChI=1S/C25H17NO/c27-25(20-16-14-19(15-17-20)18-8-2-1-3-9-18)26-23-12-6-4-10-21(23)22-11-5-7-13-24(22)26/h1-17H. The van der Waals surface area contributed by atoms with Crippen LogP contribution >= 0.6 is 0 Å². The molecule has 0 aliphatic rings.